The lowest BCUT2D eigenvalue weighted by Gasteiger charge is -2.41. The van der Waals surface area contributed by atoms with Crippen molar-refractivity contribution >= 4 is 13.7 Å². The highest BCUT2D eigenvalue weighted by Crippen LogP contribution is 2.47. The number of aliphatic hydroxyl groups is 7. The minimum Gasteiger partial charge on any atom is -0.393 e. The van der Waals surface area contributed by atoms with Crippen molar-refractivity contribution < 1.29 is 59.0 Å². The summed E-state index contributed by atoms with van der Waals surface area (Å²) < 4.78 is 22.7. The summed E-state index contributed by atoms with van der Waals surface area (Å²) >= 11 is 0. The van der Waals surface area contributed by atoms with E-state index in [1.165, 1.54) is 109 Å². The van der Waals surface area contributed by atoms with Crippen LogP contribution >= 0.6 is 7.82 Å². The van der Waals surface area contributed by atoms with Crippen LogP contribution in [0.4, 0.5) is 0 Å². The SMILES string of the molecule is C/C=C/CC/C=C/CC/C=C/C(O)C(COP(=O)(O)OC1C(O)C(O)C(O)C(O)C1O)NC(=O)CC(O)CCCCCCCCCCCCCCCCCCCCCC. The average molecular weight is 862 g/mol. The number of aliphatic hydroxyl groups excluding tert-OH is 7. The molecule has 8 unspecified atom stereocenters. The molecule has 0 aromatic heterocycles. The Kier molecular flexibility index (Phi) is 33.0. The molecule has 346 valence electrons. The predicted octanol–water partition coefficient (Wildman–Crippen LogP) is 7.36. The number of carbonyl (C=O) groups excluding carboxylic acids is 1. The molecule has 1 fully saturated rings. The van der Waals surface area contributed by atoms with Gasteiger partial charge in [0.1, 0.15) is 36.6 Å². The molecule has 0 heterocycles. The van der Waals surface area contributed by atoms with Gasteiger partial charge in [-0.3, -0.25) is 13.8 Å². The van der Waals surface area contributed by atoms with Gasteiger partial charge in [0.05, 0.1) is 31.3 Å². The van der Waals surface area contributed by atoms with E-state index in [9.17, 15) is 50.0 Å². The Labute approximate surface area is 356 Å². The highest BCUT2D eigenvalue weighted by molar-refractivity contribution is 7.47. The van der Waals surface area contributed by atoms with Gasteiger partial charge in [0.2, 0.25) is 5.91 Å². The van der Waals surface area contributed by atoms with Crippen molar-refractivity contribution in [3.8, 4) is 0 Å². The molecule has 13 nitrogen and oxygen atoms in total. The summed E-state index contributed by atoms with van der Waals surface area (Å²) in [4.78, 5) is 23.3. The van der Waals surface area contributed by atoms with Gasteiger partial charge in [0.25, 0.3) is 0 Å². The van der Waals surface area contributed by atoms with E-state index in [1.54, 1.807) is 6.08 Å². The molecular formula is C45H84NO12P. The topological polar surface area (TPSA) is 226 Å². The molecule has 1 aliphatic rings. The van der Waals surface area contributed by atoms with Crippen LogP contribution < -0.4 is 5.32 Å². The predicted molar refractivity (Wildman–Crippen MR) is 233 cm³/mol. The summed E-state index contributed by atoms with van der Waals surface area (Å²) in [5.41, 5.74) is 0. The number of hydrogen-bond acceptors (Lipinski definition) is 11. The van der Waals surface area contributed by atoms with Gasteiger partial charge in [0.15, 0.2) is 0 Å². The zero-order chi connectivity index (χ0) is 43.7. The van der Waals surface area contributed by atoms with Crippen LogP contribution in [-0.4, -0.2) is 108 Å². The van der Waals surface area contributed by atoms with Crippen LogP contribution in [0.1, 0.15) is 181 Å². The Balaban J connectivity index is 2.44. The van der Waals surface area contributed by atoms with Crippen molar-refractivity contribution in [3.05, 3.63) is 36.5 Å². The first-order chi connectivity index (χ1) is 28.3. The van der Waals surface area contributed by atoms with Crippen LogP contribution in [-0.2, 0) is 18.4 Å². The normalized spacial score (nSPS) is 23.9. The largest absolute Gasteiger partial charge is 0.472 e. The summed E-state index contributed by atoms with van der Waals surface area (Å²) in [6.45, 7) is 3.48. The second kappa shape index (κ2) is 35.0. The first-order valence-electron chi connectivity index (χ1n) is 23.0. The van der Waals surface area contributed by atoms with Crippen molar-refractivity contribution in [2.75, 3.05) is 6.61 Å². The van der Waals surface area contributed by atoms with Gasteiger partial charge in [-0.1, -0.05) is 172 Å². The number of allylic oxidation sites excluding steroid dienone is 5. The Morgan fingerprint density at radius 3 is 1.49 bits per heavy atom. The molecule has 0 spiro atoms. The monoisotopic (exact) mass is 862 g/mol. The average Bonchev–Trinajstić information content (AvgIpc) is 3.21. The maximum Gasteiger partial charge on any atom is 0.472 e. The fraction of sp³-hybridized carbons (Fsp3) is 0.844. The number of unbranched alkanes of at least 4 members (excludes halogenated alkanes) is 21. The fourth-order valence-corrected chi connectivity index (χ4v) is 8.25. The van der Waals surface area contributed by atoms with Gasteiger partial charge in [-0.15, -0.1) is 0 Å². The molecule has 0 radical (unpaired) electrons. The van der Waals surface area contributed by atoms with Gasteiger partial charge in [0, 0.05) is 0 Å². The first kappa shape index (κ1) is 55.5. The molecule has 0 aromatic rings. The molecule has 9 N–H and O–H groups in total. The molecule has 0 saturated heterocycles. The zero-order valence-corrected chi connectivity index (χ0v) is 37.3. The van der Waals surface area contributed by atoms with Gasteiger partial charge < -0.3 is 46.0 Å². The Morgan fingerprint density at radius 1 is 0.627 bits per heavy atom. The van der Waals surface area contributed by atoms with Crippen LogP contribution in [0.15, 0.2) is 36.5 Å². The van der Waals surface area contributed by atoms with Gasteiger partial charge in [-0.2, -0.15) is 0 Å². The molecule has 0 bridgehead atoms. The van der Waals surface area contributed by atoms with Crippen LogP contribution in [0.3, 0.4) is 0 Å². The zero-order valence-electron chi connectivity index (χ0n) is 36.4. The molecule has 1 saturated carbocycles. The summed E-state index contributed by atoms with van der Waals surface area (Å²) in [6.07, 6.45) is 25.7. The van der Waals surface area contributed by atoms with Crippen molar-refractivity contribution in [2.24, 2.45) is 0 Å². The van der Waals surface area contributed by atoms with E-state index in [0.29, 0.717) is 19.3 Å². The van der Waals surface area contributed by atoms with Crippen LogP contribution in [0.5, 0.6) is 0 Å². The van der Waals surface area contributed by atoms with Crippen molar-refractivity contribution in [1.82, 2.24) is 5.32 Å². The maximum absolute atomic E-state index is 12.9. The molecule has 14 heteroatoms. The van der Waals surface area contributed by atoms with Crippen LogP contribution in [0.2, 0.25) is 0 Å². The summed E-state index contributed by atoms with van der Waals surface area (Å²) in [7, 11) is -5.14. The standard InChI is InChI=1S/C45H84NO12P/c1-3-5-7-9-11-13-14-15-16-17-18-19-20-21-22-23-25-26-28-30-32-36(47)34-39(49)46-37(38(48)33-31-29-27-24-12-10-8-6-4-2)35-57-59(55,56)58-45-43(53)41(51)40(50)42(52)44(45)54/h4,6,12,24,31,33,36-38,40-45,47-48,50-54H,3,5,7-11,13-23,25-30,32,34-35H2,1-2H3,(H,46,49)(H,55,56)/b6-4+,24-12+,33-31+. The van der Waals surface area contributed by atoms with Gasteiger partial charge >= 0.3 is 7.82 Å². The number of rotatable bonds is 37. The summed E-state index contributed by atoms with van der Waals surface area (Å²) in [5, 5.41) is 74.2. The molecular weight excluding hydrogens is 777 g/mol. The highest BCUT2D eigenvalue weighted by atomic mass is 31.2. The van der Waals surface area contributed by atoms with E-state index in [0.717, 1.165) is 38.5 Å². The quantitative estimate of drug-likeness (QED) is 0.0170. The second-order valence-corrected chi connectivity index (χ2v) is 17.8. The van der Waals surface area contributed by atoms with Crippen LogP contribution in [0.25, 0.3) is 0 Å². The highest BCUT2D eigenvalue weighted by Gasteiger charge is 2.51. The Hall–Kier alpha value is -1.48. The van der Waals surface area contributed by atoms with Gasteiger partial charge in [-0.05, 0) is 39.0 Å². The summed E-state index contributed by atoms with van der Waals surface area (Å²) in [6, 6.07) is -1.26. The number of carbonyl (C=O) groups is 1. The lowest BCUT2D eigenvalue weighted by Crippen LogP contribution is -2.64. The molecule has 59 heavy (non-hydrogen) atoms. The molecule has 0 aromatic carbocycles. The fourth-order valence-electron chi connectivity index (χ4n) is 7.28. The smallest absolute Gasteiger partial charge is 0.393 e. The van der Waals surface area contributed by atoms with E-state index in [4.69, 9.17) is 9.05 Å². The van der Waals surface area contributed by atoms with Crippen LogP contribution in [0, 0.1) is 0 Å². The number of hydrogen-bond donors (Lipinski definition) is 9. The third-order valence-electron chi connectivity index (χ3n) is 11.1. The van der Waals surface area contributed by atoms with E-state index in [2.05, 4.69) is 24.4 Å². The van der Waals surface area contributed by atoms with E-state index in [-0.39, 0.29) is 6.42 Å². The molecule has 1 rings (SSSR count). The lowest BCUT2D eigenvalue weighted by molar-refractivity contribution is -0.220. The van der Waals surface area contributed by atoms with Crippen molar-refractivity contribution in [3.63, 3.8) is 0 Å². The Bertz CT molecular complexity index is 1160. The number of amides is 1. The summed E-state index contributed by atoms with van der Waals surface area (Å²) in [5.74, 6) is -0.608. The lowest BCUT2D eigenvalue weighted by atomic mass is 9.85. The third-order valence-corrected chi connectivity index (χ3v) is 12.0. The molecule has 0 aliphatic heterocycles. The molecule has 1 aliphatic carbocycles. The van der Waals surface area contributed by atoms with Gasteiger partial charge in [-0.25, -0.2) is 4.57 Å². The minimum atomic E-state index is -5.14. The second-order valence-electron chi connectivity index (χ2n) is 16.4. The number of phosphoric acid groups is 1. The van der Waals surface area contributed by atoms with Crippen molar-refractivity contribution in [1.29, 1.82) is 0 Å². The maximum atomic E-state index is 12.9. The number of nitrogens with one attached hydrogen (secondary N) is 1. The van der Waals surface area contributed by atoms with E-state index in [1.807, 2.05) is 19.1 Å². The van der Waals surface area contributed by atoms with E-state index < -0.39 is 75.2 Å². The molecule has 1 amide bonds. The minimum absolute atomic E-state index is 0.254. The third kappa shape index (κ3) is 27.2. The van der Waals surface area contributed by atoms with Crippen molar-refractivity contribution in [2.45, 2.75) is 236 Å². The molecule has 8 atom stereocenters. The Morgan fingerprint density at radius 2 is 1.03 bits per heavy atom. The first-order valence-corrected chi connectivity index (χ1v) is 24.5. The number of phosphoric ester groups is 1. The van der Waals surface area contributed by atoms with E-state index >= 15 is 0 Å².